The zero-order valence-corrected chi connectivity index (χ0v) is 6.09. The minimum Gasteiger partial charge on any atom is -0.401 e. The van der Waals surface area contributed by atoms with Crippen molar-refractivity contribution in [1.29, 1.82) is 0 Å². The average molecular weight is 196 g/mol. The summed E-state index contributed by atoms with van der Waals surface area (Å²) in [5.74, 6) is 0. The van der Waals surface area contributed by atoms with Crippen LogP contribution in [0.5, 0.6) is 0 Å². The van der Waals surface area contributed by atoms with Crippen molar-refractivity contribution in [2.24, 2.45) is 0 Å². The Hall–Kier alpha value is -0.205. The van der Waals surface area contributed by atoms with Gasteiger partial charge in [-0.25, -0.2) is 0 Å². The Bertz CT molecular complexity index is 102. The van der Waals surface area contributed by atoms with Crippen molar-refractivity contribution in [3.8, 4) is 0 Å². The maximum atomic E-state index is 8.15. The van der Waals surface area contributed by atoms with Crippen molar-refractivity contribution < 1.29 is 44.4 Å². The Balaban J connectivity index is 3.87. The molecule has 0 rings (SSSR count). The van der Waals surface area contributed by atoms with Crippen LogP contribution in [0.4, 0.5) is 0 Å². The predicted octanol–water partition coefficient (Wildman–Crippen LogP) is -5.01. The van der Waals surface area contributed by atoms with Gasteiger partial charge < -0.3 is 30.1 Å². The SMILES string of the molecule is OB(O)ON(OB(O)O)OB(O)O. The third kappa shape index (κ3) is 8.13. The van der Waals surface area contributed by atoms with E-state index in [2.05, 4.69) is 14.3 Å². The van der Waals surface area contributed by atoms with Crippen LogP contribution in [0.2, 0.25) is 0 Å². The lowest BCUT2D eigenvalue weighted by molar-refractivity contribution is -0.443. The second kappa shape index (κ2) is 6.28. The molecule has 0 atom stereocenters. The molecule has 0 unspecified atom stereocenters. The Morgan fingerprint density at radius 3 is 1.00 bits per heavy atom. The zero-order chi connectivity index (χ0) is 10.4. The van der Waals surface area contributed by atoms with E-state index in [-0.39, 0.29) is 0 Å². The third-order valence-electron chi connectivity index (χ3n) is 0.541. The van der Waals surface area contributed by atoms with Crippen LogP contribution in [-0.2, 0) is 14.3 Å². The lowest BCUT2D eigenvalue weighted by Gasteiger charge is -2.18. The van der Waals surface area contributed by atoms with E-state index in [4.69, 9.17) is 30.1 Å². The van der Waals surface area contributed by atoms with Crippen LogP contribution in [0, 0.1) is 0 Å². The van der Waals surface area contributed by atoms with Gasteiger partial charge in [-0.3, -0.25) is 14.3 Å². The first-order valence-corrected chi connectivity index (χ1v) is 2.80. The van der Waals surface area contributed by atoms with E-state index in [9.17, 15) is 0 Å². The van der Waals surface area contributed by atoms with Gasteiger partial charge in [0.05, 0.1) is 0 Å². The molecule has 0 aromatic carbocycles. The molecule has 0 heterocycles. The molecule has 0 radical (unpaired) electrons. The highest BCUT2D eigenvalue weighted by atomic mass is 17.2. The summed E-state index contributed by atoms with van der Waals surface area (Å²) in [5, 5.41) is 48.5. The van der Waals surface area contributed by atoms with Crippen molar-refractivity contribution >= 4 is 22.0 Å². The molecule has 0 aliphatic carbocycles. The molecule has 0 aliphatic rings. The van der Waals surface area contributed by atoms with E-state index in [1.54, 1.807) is 0 Å². The van der Waals surface area contributed by atoms with Gasteiger partial charge in [-0.1, -0.05) is 0 Å². The normalized spacial score (nSPS) is 10.4. The van der Waals surface area contributed by atoms with E-state index in [1.807, 2.05) is 0 Å². The quantitative estimate of drug-likeness (QED) is 0.180. The molecule has 10 nitrogen and oxygen atoms in total. The molecule has 0 aromatic rings. The van der Waals surface area contributed by atoms with Gasteiger partial charge in [-0.15, -0.1) is 0 Å². The van der Waals surface area contributed by atoms with Gasteiger partial charge in [0.15, 0.2) is 0 Å². The Morgan fingerprint density at radius 1 is 0.615 bits per heavy atom. The molecule has 0 fully saturated rings. The second-order valence-electron chi connectivity index (χ2n) is 1.52. The summed E-state index contributed by atoms with van der Waals surface area (Å²) in [7, 11) is -7.22. The molecule has 0 aliphatic heterocycles. The standard InChI is InChI=1S/B3H6NO9/c5-1(6)11-4(12-2(7)8)13-3(9)10/h5-10H. The molecule has 0 saturated carbocycles. The number of rotatable bonds is 6. The van der Waals surface area contributed by atoms with Crippen LogP contribution < -0.4 is 0 Å². The molecule has 6 N–H and O–H groups in total. The molecule has 0 spiro atoms. The fraction of sp³-hybridized carbons (Fsp3) is 0. The molecule has 74 valence electrons. The summed E-state index contributed by atoms with van der Waals surface area (Å²) in [4.78, 5) is 0. The van der Waals surface area contributed by atoms with Gasteiger partial charge in [-0.2, -0.15) is 0 Å². The zero-order valence-electron chi connectivity index (χ0n) is 6.09. The van der Waals surface area contributed by atoms with Gasteiger partial charge in [0, 0.05) is 5.39 Å². The maximum Gasteiger partial charge on any atom is 0.655 e. The molecule has 13 heteroatoms. The van der Waals surface area contributed by atoms with Gasteiger partial charge in [0.2, 0.25) is 0 Å². The summed E-state index contributed by atoms with van der Waals surface area (Å²) in [6, 6.07) is 0. The van der Waals surface area contributed by atoms with E-state index >= 15 is 0 Å². The minimum atomic E-state index is -2.41. The molecule has 0 saturated heterocycles. The highest BCUT2D eigenvalue weighted by molar-refractivity contribution is 6.34. The van der Waals surface area contributed by atoms with Gasteiger partial charge in [0.25, 0.3) is 0 Å². The molecule has 0 amide bonds. The van der Waals surface area contributed by atoms with Crippen LogP contribution in [0.1, 0.15) is 0 Å². The van der Waals surface area contributed by atoms with Crippen molar-refractivity contribution in [2.45, 2.75) is 0 Å². The second-order valence-corrected chi connectivity index (χ2v) is 1.52. The third-order valence-corrected chi connectivity index (χ3v) is 0.541. The fourth-order valence-electron chi connectivity index (χ4n) is 0.305. The number of hydrogen-bond acceptors (Lipinski definition) is 10. The minimum absolute atomic E-state index is 0.403. The Kier molecular flexibility index (Phi) is 6.18. The molecule has 0 aromatic heterocycles. The predicted molar refractivity (Wildman–Crippen MR) is 35.7 cm³/mol. The van der Waals surface area contributed by atoms with Gasteiger partial charge in [-0.05, 0) is 0 Å². The van der Waals surface area contributed by atoms with Crippen LogP contribution in [-0.4, -0.2) is 57.5 Å². The lowest BCUT2D eigenvalue weighted by Crippen LogP contribution is -2.41. The van der Waals surface area contributed by atoms with E-state index in [1.165, 1.54) is 0 Å². The molecule has 0 bridgehead atoms. The van der Waals surface area contributed by atoms with Crippen molar-refractivity contribution in [3.05, 3.63) is 0 Å². The number of hydrogen-bond donors (Lipinski definition) is 6. The average Bonchev–Trinajstić information content (AvgIpc) is 1.80. The van der Waals surface area contributed by atoms with Gasteiger partial charge in [0.1, 0.15) is 0 Å². The molecular weight excluding hydrogens is 190 g/mol. The van der Waals surface area contributed by atoms with Crippen molar-refractivity contribution in [2.75, 3.05) is 0 Å². The summed E-state index contributed by atoms with van der Waals surface area (Å²) in [6.45, 7) is 0. The summed E-state index contributed by atoms with van der Waals surface area (Å²) < 4.78 is 11.2. The monoisotopic (exact) mass is 197 g/mol. The Labute approximate surface area is 72.9 Å². The Morgan fingerprint density at radius 2 is 0.846 bits per heavy atom. The van der Waals surface area contributed by atoms with Crippen LogP contribution in [0.3, 0.4) is 0 Å². The fourth-order valence-corrected chi connectivity index (χ4v) is 0.305. The highest BCUT2D eigenvalue weighted by Gasteiger charge is 2.27. The molecule has 13 heavy (non-hydrogen) atoms. The lowest BCUT2D eigenvalue weighted by atomic mass is 10.3. The van der Waals surface area contributed by atoms with Crippen LogP contribution in [0.15, 0.2) is 0 Å². The first-order chi connectivity index (χ1) is 5.91. The summed E-state index contributed by atoms with van der Waals surface area (Å²) in [6.07, 6.45) is 0. The first kappa shape index (κ1) is 12.8. The molecular formula is H6B3NO9. The van der Waals surface area contributed by atoms with Crippen LogP contribution in [0.25, 0.3) is 0 Å². The smallest absolute Gasteiger partial charge is 0.401 e. The van der Waals surface area contributed by atoms with E-state index in [0.29, 0.717) is 0 Å². The number of nitrogens with zero attached hydrogens (tertiary/aromatic N) is 1. The van der Waals surface area contributed by atoms with Crippen molar-refractivity contribution in [1.82, 2.24) is 5.39 Å². The van der Waals surface area contributed by atoms with Crippen LogP contribution >= 0.6 is 0 Å². The first-order valence-electron chi connectivity index (χ1n) is 2.80. The topological polar surface area (TPSA) is 152 Å². The summed E-state index contributed by atoms with van der Waals surface area (Å²) in [5.41, 5.74) is 0. The van der Waals surface area contributed by atoms with E-state index < -0.39 is 27.4 Å². The van der Waals surface area contributed by atoms with E-state index in [0.717, 1.165) is 0 Å². The largest absolute Gasteiger partial charge is 0.655 e. The summed E-state index contributed by atoms with van der Waals surface area (Å²) >= 11 is 0. The highest BCUT2D eigenvalue weighted by Crippen LogP contribution is 1.96. The maximum absolute atomic E-state index is 8.15. The van der Waals surface area contributed by atoms with Gasteiger partial charge >= 0.3 is 22.0 Å². The van der Waals surface area contributed by atoms with Crippen molar-refractivity contribution in [3.63, 3.8) is 0 Å².